The van der Waals surface area contributed by atoms with Gasteiger partial charge in [-0.15, -0.1) is 0 Å². The van der Waals surface area contributed by atoms with Crippen molar-refractivity contribution in [1.82, 2.24) is 0 Å². The average Bonchev–Trinajstić information content (AvgIpc) is 2.22. The molecule has 0 bridgehead atoms. The minimum absolute atomic E-state index is 0.159. The fourth-order valence-electron chi connectivity index (χ4n) is 1.28. The Morgan fingerprint density at radius 3 is 2.81 bits per heavy atom. The number of carboxylic acids is 1. The highest BCUT2D eigenvalue weighted by Gasteiger charge is 2.00. The second kappa shape index (κ2) is 6.10. The van der Waals surface area contributed by atoms with Crippen molar-refractivity contribution in [2.45, 2.75) is 26.2 Å². The molecule has 0 aliphatic carbocycles. The number of benzene rings is 1. The van der Waals surface area contributed by atoms with E-state index < -0.39 is 5.97 Å². The van der Waals surface area contributed by atoms with Crippen LogP contribution < -0.4 is 4.74 Å². The lowest BCUT2D eigenvalue weighted by Crippen LogP contribution is -2.00. The number of rotatable bonds is 6. The monoisotopic (exact) mass is 226 g/mol. The highest BCUT2D eigenvalue weighted by molar-refractivity contribution is 5.66. The molecule has 1 aromatic rings. The fraction of sp³-hybridized carbons (Fsp3) is 0.417. The molecule has 88 valence electrons. The van der Waals surface area contributed by atoms with Gasteiger partial charge in [0, 0.05) is 6.42 Å². The summed E-state index contributed by atoms with van der Waals surface area (Å²) in [6, 6.07) is 4.56. The Bertz CT molecular complexity index is 363. The molecule has 1 aromatic carbocycles. The minimum atomic E-state index is -0.794. The van der Waals surface area contributed by atoms with Crippen LogP contribution in [-0.2, 0) is 4.79 Å². The summed E-state index contributed by atoms with van der Waals surface area (Å²) in [5.74, 6) is -0.426. The number of ether oxygens (including phenoxy) is 1. The molecule has 0 atom stereocenters. The van der Waals surface area contributed by atoms with E-state index in [1.165, 1.54) is 6.07 Å². The van der Waals surface area contributed by atoms with Gasteiger partial charge in [0.05, 0.1) is 6.61 Å². The van der Waals surface area contributed by atoms with Crippen molar-refractivity contribution in [2.75, 3.05) is 6.61 Å². The van der Waals surface area contributed by atoms with Gasteiger partial charge in [0.15, 0.2) is 0 Å². The van der Waals surface area contributed by atoms with Crippen LogP contribution in [0.2, 0.25) is 0 Å². The van der Waals surface area contributed by atoms with Crippen molar-refractivity contribution in [1.29, 1.82) is 0 Å². The van der Waals surface area contributed by atoms with Gasteiger partial charge in [0.2, 0.25) is 0 Å². The third kappa shape index (κ3) is 4.29. The van der Waals surface area contributed by atoms with Crippen molar-refractivity contribution < 1.29 is 19.0 Å². The van der Waals surface area contributed by atoms with Gasteiger partial charge in [0.1, 0.15) is 11.6 Å². The largest absolute Gasteiger partial charge is 0.494 e. The van der Waals surface area contributed by atoms with Crippen LogP contribution in [0.25, 0.3) is 0 Å². The lowest BCUT2D eigenvalue weighted by atomic mass is 10.2. The van der Waals surface area contributed by atoms with Crippen molar-refractivity contribution in [2.24, 2.45) is 0 Å². The standard InChI is InChI=1S/C12H15FO3/c1-9-8-10(5-6-11(9)13)16-7-3-2-4-12(14)15/h5-6,8H,2-4,7H2,1H3,(H,14,15). The zero-order valence-electron chi connectivity index (χ0n) is 9.20. The van der Waals surface area contributed by atoms with Gasteiger partial charge in [-0.1, -0.05) is 0 Å². The topological polar surface area (TPSA) is 46.5 Å². The van der Waals surface area contributed by atoms with E-state index in [1.807, 2.05) is 0 Å². The summed E-state index contributed by atoms with van der Waals surface area (Å²) in [6.45, 7) is 2.13. The molecule has 0 spiro atoms. The lowest BCUT2D eigenvalue weighted by Gasteiger charge is -2.06. The third-order valence-electron chi connectivity index (χ3n) is 2.18. The molecule has 0 amide bonds. The first-order valence-electron chi connectivity index (χ1n) is 5.20. The second-order valence-electron chi connectivity index (χ2n) is 3.61. The molecule has 0 unspecified atom stereocenters. The Kier molecular flexibility index (Phi) is 4.76. The number of aryl methyl sites for hydroxylation is 1. The third-order valence-corrected chi connectivity index (χ3v) is 2.18. The molecule has 16 heavy (non-hydrogen) atoms. The molecule has 0 saturated heterocycles. The summed E-state index contributed by atoms with van der Waals surface area (Å²) >= 11 is 0. The number of hydrogen-bond acceptors (Lipinski definition) is 2. The van der Waals surface area contributed by atoms with E-state index in [4.69, 9.17) is 9.84 Å². The van der Waals surface area contributed by atoms with E-state index >= 15 is 0 Å². The van der Waals surface area contributed by atoms with Crippen LogP contribution in [0.15, 0.2) is 18.2 Å². The highest BCUT2D eigenvalue weighted by atomic mass is 19.1. The Hall–Kier alpha value is -1.58. The van der Waals surface area contributed by atoms with Crippen LogP contribution in [0.5, 0.6) is 5.75 Å². The maximum absolute atomic E-state index is 12.9. The van der Waals surface area contributed by atoms with Crippen molar-refractivity contribution in [3.8, 4) is 5.75 Å². The van der Waals surface area contributed by atoms with Crippen LogP contribution in [0.4, 0.5) is 4.39 Å². The van der Waals surface area contributed by atoms with E-state index in [2.05, 4.69) is 0 Å². The Morgan fingerprint density at radius 1 is 1.44 bits per heavy atom. The van der Waals surface area contributed by atoms with Crippen LogP contribution in [0.1, 0.15) is 24.8 Å². The van der Waals surface area contributed by atoms with Crippen LogP contribution in [-0.4, -0.2) is 17.7 Å². The molecule has 0 aliphatic rings. The maximum atomic E-state index is 12.9. The van der Waals surface area contributed by atoms with E-state index in [0.29, 0.717) is 30.8 Å². The Balaban J connectivity index is 2.27. The first kappa shape index (κ1) is 12.5. The first-order chi connectivity index (χ1) is 7.59. The van der Waals surface area contributed by atoms with Crippen LogP contribution in [0.3, 0.4) is 0 Å². The summed E-state index contributed by atoms with van der Waals surface area (Å²) in [7, 11) is 0. The smallest absolute Gasteiger partial charge is 0.303 e. The molecule has 4 heteroatoms. The summed E-state index contributed by atoms with van der Waals surface area (Å²) in [6.07, 6.45) is 1.43. The first-order valence-corrected chi connectivity index (χ1v) is 5.20. The van der Waals surface area contributed by atoms with Crippen LogP contribution in [0, 0.1) is 12.7 Å². The van der Waals surface area contributed by atoms with Gasteiger partial charge in [-0.25, -0.2) is 4.39 Å². The predicted molar refractivity (Wildman–Crippen MR) is 58.1 cm³/mol. The molecule has 0 heterocycles. The molecule has 0 saturated carbocycles. The number of hydrogen-bond donors (Lipinski definition) is 1. The fourth-order valence-corrected chi connectivity index (χ4v) is 1.28. The zero-order chi connectivity index (χ0) is 12.0. The Labute approximate surface area is 93.9 Å². The SMILES string of the molecule is Cc1cc(OCCCCC(=O)O)ccc1F. The quantitative estimate of drug-likeness (QED) is 0.758. The molecule has 0 aliphatic heterocycles. The van der Waals surface area contributed by atoms with Crippen molar-refractivity contribution >= 4 is 5.97 Å². The number of aliphatic carboxylic acids is 1. The van der Waals surface area contributed by atoms with Crippen molar-refractivity contribution in [3.05, 3.63) is 29.6 Å². The van der Waals surface area contributed by atoms with Gasteiger partial charge in [-0.05, 0) is 43.5 Å². The van der Waals surface area contributed by atoms with Gasteiger partial charge in [-0.3, -0.25) is 4.79 Å². The Morgan fingerprint density at radius 2 is 2.19 bits per heavy atom. The summed E-state index contributed by atoms with van der Waals surface area (Å²) in [5.41, 5.74) is 0.544. The molecular formula is C12H15FO3. The van der Waals surface area contributed by atoms with Gasteiger partial charge in [0.25, 0.3) is 0 Å². The number of halogens is 1. The highest BCUT2D eigenvalue weighted by Crippen LogP contribution is 2.16. The maximum Gasteiger partial charge on any atom is 0.303 e. The molecule has 1 N–H and O–H groups in total. The molecule has 1 rings (SSSR count). The normalized spacial score (nSPS) is 10.1. The van der Waals surface area contributed by atoms with E-state index in [0.717, 1.165) is 0 Å². The van der Waals surface area contributed by atoms with E-state index in [-0.39, 0.29) is 12.2 Å². The molecule has 0 aromatic heterocycles. The molecular weight excluding hydrogens is 211 g/mol. The number of carboxylic acid groups (broad SMARTS) is 1. The second-order valence-corrected chi connectivity index (χ2v) is 3.61. The predicted octanol–water partition coefficient (Wildman–Crippen LogP) is 2.77. The number of carbonyl (C=O) groups is 1. The molecule has 3 nitrogen and oxygen atoms in total. The van der Waals surface area contributed by atoms with Crippen LogP contribution >= 0.6 is 0 Å². The summed E-state index contributed by atoms with van der Waals surface area (Å²) in [5, 5.41) is 8.41. The van der Waals surface area contributed by atoms with E-state index in [9.17, 15) is 9.18 Å². The van der Waals surface area contributed by atoms with Gasteiger partial charge >= 0.3 is 5.97 Å². The van der Waals surface area contributed by atoms with Gasteiger partial charge < -0.3 is 9.84 Å². The summed E-state index contributed by atoms with van der Waals surface area (Å²) in [4.78, 5) is 10.2. The zero-order valence-corrected chi connectivity index (χ0v) is 9.20. The lowest BCUT2D eigenvalue weighted by molar-refractivity contribution is -0.137. The van der Waals surface area contributed by atoms with E-state index in [1.54, 1.807) is 19.1 Å². The van der Waals surface area contributed by atoms with Gasteiger partial charge in [-0.2, -0.15) is 0 Å². The number of unbranched alkanes of at least 4 members (excludes halogenated alkanes) is 1. The van der Waals surface area contributed by atoms with Crippen molar-refractivity contribution in [3.63, 3.8) is 0 Å². The summed E-state index contributed by atoms with van der Waals surface area (Å²) < 4.78 is 18.3. The molecule has 0 radical (unpaired) electrons. The minimum Gasteiger partial charge on any atom is -0.494 e. The average molecular weight is 226 g/mol. The molecule has 0 fully saturated rings.